The Morgan fingerprint density at radius 1 is 1.06 bits per heavy atom. The van der Waals surface area contributed by atoms with Crippen molar-refractivity contribution in [3.8, 4) is 17.2 Å². The lowest BCUT2D eigenvalue weighted by molar-refractivity contribution is 0.0662. The third kappa shape index (κ3) is 1.40. The summed E-state index contributed by atoms with van der Waals surface area (Å²) in [7, 11) is 0. The Labute approximate surface area is 99.9 Å². The van der Waals surface area contributed by atoms with Gasteiger partial charge in [-0.1, -0.05) is 0 Å². The maximum atomic E-state index is 6.21. The highest BCUT2D eigenvalue weighted by molar-refractivity contribution is 5.52. The quantitative estimate of drug-likeness (QED) is 0.736. The van der Waals surface area contributed by atoms with E-state index in [2.05, 4.69) is 11.4 Å². The number of nitrogens with one attached hydrogen (secondary N) is 1. The predicted molar refractivity (Wildman–Crippen MR) is 61.7 cm³/mol. The first-order valence-corrected chi connectivity index (χ1v) is 6.17. The number of hydrogen-bond acceptors (Lipinski definition) is 4. The molecule has 4 nitrogen and oxygen atoms in total. The van der Waals surface area contributed by atoms with Crippen LogP contribution < -0.4 is 19.5 Å². The molecule has 0 bridgehead atoms. The van der Waals surface area contributed by atoms with Crippen LogP contribution in [0.3, 0.4) is 0 Å². The van der Waals surface area contributed by atoms with Crippen molar-refractivity contribution in [3.63, 3.8) is 0 Å². The molecule has 1 N–H and O–H groups in total. The molecule has 1 aromatic carbocycles. The van der Waals surface area contributed by atoms with E-state index < -0.39 is 0 Å². The SMILES string of the molecule is c1c2c(cc3c1OCO3)OC1(CCNC1)CC2. The lowest BCUT2D eigenvalue weighted by Crippen LogP contribution is -2.41. The van der Waals surface area contributed by atoms with Crippen molar-refractivity contribution >= 4 is 0 Å². The smallest absolute Gasteiger partial charge is 0.231 e. The summed E-state index contributed by atoms with van der Waals surface area (Å²) in [5.41, 5.74) is 1.26. The molecule has 1 aromatic rings. The molecular weight excluding hydrogens is 218 g/mol. The van der Waals surface area contributed by atoms with Gasteiger partial charge in [0.15, 0.2) is 11.5 Å². The number of fused-ring (bicyclic) bond motifs is 2. The molecule has 0 amide bonds. The van der Waals surface area contributed by atoms with Gasteiger partial charge in [-0.2, -0.15) is 0 Å². The molecule has 0 aliphatic carbocycles. The molecule has 0 aromatic heterocycles. The second-order valence-corrected chi connectivity index (χ2v) is 5.03. The van der Waals surface area contributed by atoms with Crippen LogP contribution in [0.5, 0.6) is 17.2 Å². The topological polar surface area (TPSA) is 39.7 Å². The van der Waals surface area contributed by atoms with Crippen LogP contribution in [-0.2, 0) is 6.42 Å². The molecule has 1 spiro atoms. The van der Waals surface area contributed by atoms with Gasteiger partial charge < -0.3 is 19.5 Å². The van der Waals surface area contributed by atoms with Crippen LogP contribution >= 0.6 is 0 Å². The van der Waals surface area contributed by atoms with Crippen LogP contribution in [0.4, 0.5) is 0 Å². The number of ether oxygens (including phenoxy) is 3. The molecule has 1 saturated heterocycles. The van der Waals surface area contributed by atoms with E-state index in [1.54, 1.807) is 0 Å². The summed E-state index contributed by atoms with van der Waals surface area (Å²) in [6, 6.07) is 4.05. The molecular formula is C13H15NO3. The van der Waals surface area contributed by atoms with E-state index >= 15 is 0 Å². The highest BCUT2D eigenvalue weighted by Crippen LogP contribution is 2.43. The van der Waals surface area contributed by atoms with Crippen LogP contribution in [0.15, 0.2) is 12.1 Å². The third-order valence-corrected chi connectivity index (χ3v) is 3.94. The van der Waals surface area contributed by atoms with Crippen molar-refractivity contribution < 1.29 is 14.2 Å². The van der Waals surface area contributed by atoms with Crippen LogP contribution in [-0.4, -0.2) is 25.5 Å². The second kappa shape index (κ2) is 3.29. The van der Waals surface area contributed by atoms with Gasteiger partial charge in [0.2, 0.25) is 6.79 Å². The first-order chi connectivity index (χ1) is 8.35. The molecule has 1 unspecified atom stereocenters. The van der Waals surface area contributed by atoms with Gasteiger partial charge in [-0.05, 0) is 31.0 Å². The Hall–Kier alpha value is -1.42. The number of hydrogen-bond donors (Lipinski definition) is 1. The van der Waals surface area contributed by atoms with Crippen molar-refractivity contribution in [2.24, 2.45) is 0 Å². The maximum Gasteiger partial charge on any atom is 0.231 e. The minimum atomic E-state index is 0.0146. The first-order valence-electron chi connectivity index (χ1n) is 6.17. The Bertz CT molecular complexity index is 466. The molecule has 1 fully saturated rings. The predicted octanol–water partition coefficient (Wildman–Crippen LogP) is 1.47. The van der Waals surface area contributed by atoms with Gasteiger partial charge in [0.1, 0.15) is 11.4 Å². The fourth-order valence-corrected chi connectivity index (χ4v) is 2.92. The molecule has 3 aliphatic rings. The molecule has 4 heteroatoms. The number of benzene rings is 1. The van der Waals surface area contributed by atoms with E-state index in [1.165, 1.54) is 5.56 Å². The van der Waals surface area contributed by atoms with E-state index in [-0.39, 0.29) is 5.60 Å². The monoisotopic (exact) mass is 233 g/mol. The lowest BCUT2D eigenvalue weighted by Gasteiger charge is -2.35. The number of aryl methyl sites for hydroxylation is 1. The summed E-state index contributed by atoms with van der Waals surface area (Å²) in [5, 5.41) is 3.38. The summed E-state index contributed by atoms with van der Waals surface area (Å²) < 4.78 is 17.0. The highest BCUT2D eigenvalue weighted by Gasteiger charge is 2.39. The summed E-state index contributed by atoms with van der Waals surface area (Å²) in [6.45, 7) is 2.34. The molecule has 1 atom stereocenters. The Kier molecular flexibility index (Phi) is 1.86. The zero-order valence-corrected chi connectivity index (χ0v) is 9.62. The summed E-state index contributed by atoms with van der Waals surface area (Å²) in [6.07, 6.45) is 3.25. The normalized spacial score (nSPS) is 29.2. The van der Waals surface area contributed by atoms with E-state index in [0.29, 0.717) is 6.79 Å². The Balaban J connectivity index is 1.72. The van der Waals surface area contributed by atoms with Gasteiger partial charge in [0, 0.05) is 19.0 Å². The van der Waals surface area contributed by atoms with Gasteiger partial charge in [-0.3, -0.25) is 0 Å². The van der Waals surface area contributed by atoms with Crippen LogP contribution in [0.2, 0.25) is 0 Å². The summed E-state index contributed by atoms with van der Waals surface area (Å²) in [4.78, 5) is 0. The van der Waals surface area contributed by atoms with E-state index in [1.807, 2.05) is 6.07 Å². The Morgan fingerprint density at radius 3 is 2.76 bits per heavy atom. The molecule has 17 heavy (non-hydrogen) atoms. The number of rotatable bonds is 0. The van der Waals surface area contributed by atoms with Crippen LogP contribution in [0.25, 0.3) is 0 Å². The second-order valence-electron chi connectivity index (χ2n) is 5.03. The van der Waals surface area contributed by atoms with Crippen molar-refractivity contribution in [1.29, 1.82) is 0 Å². The molecule has 90 valence electrons. The molecule has 4 rings (SSSR count). The van der Waals surface area contributed by atoms with Gasteiger partial charge in [0.05, 0.1) is 0 Å². The first kappa shape index (κ1) is 9.59. The molecule has 3 heterocycles. The Morgan fingerprint density at radius 2 is 1.94 bits per heavy atom. The van der Waals surface area contributed by atoms with Crippen molar-refractivity contribution in [2.45, 2.75) is 24.9 Å². The van der Waals surface area contributed by atoms with E-state index in [4.69, 9.17) is 14.2 Å². The molecule has 0 saturated carbocycles. The van der Waals surface area contributed by atoms with Crippen LogP contribution in [0.1, 0.15) is 18.4 Å². The van der Waals surface area contributed by atoms with Crippen molar-refractivity contribution in [2.75, 3.05) is 19.9 Å². The zero-order valence-electron chi connectivity index (χ0n) is 9.62. The standard InChI is InChI=1S/C13H15NO3/c1-2-13(3-4-14-7-13)17-10-6-12-11(5-9(1)10)15-8-16-12/h5-6,14H,1-4,7-8H2. The average Bonchev–Trinajstić information content (AvgIpc) is 2.95. The van der Waals surface area contributed by atoms with E-state index in [9.17, 15) is 0 Å². The van der Waals surface area contributed by atoms with Gasteiger partial charge in [-0.15, -0.1) is 0 Å². The van der Waals surface area contributed by atoms with Crippen molar-refractivity contribution in [1.82, 2.24) is 5.32 Å². The van der Waals surface area contributed by atoms with Gasteiger partial charge >= 0.3 is 0 Å². The van der Waals surface area contributed by atoms with E-state index in [0.717, 1.165) is 49.6 Å². The van der Waals surface area contributed by atoms with Crippen LogP contribution in [0, 0.1) is 0 Å². The third-order valence-electron chi connectivity index (χ3n) is 3.94. The fraction of sp³-hybridized carbons (Fsp3) is 0.538. The highest BCUT2D eigenvalue weighted by atomic mass is 16.7. The zero-order chi connectivity index (χ0) is 11.3. The minimum Gasteiger partial charge on any atom is -0.485 e. The van der Waals surface area contributed by atoms with Crippen molar-refractivity contribution in [3.05, 3.63) is 17.7 Å². The largest absolute Gasteiger partial charge is 0.485 e. The van der Waals surface area contributed by atoms with Gasteiger partial charge in [0.25, 0.3) is 0 Å². The average molecular weight is 233 g/mol. The maximum absolute atomic E-state index is 6.21. The lowest BCUT2D eigenvalue weighted by atomic mass is 9.90. The summed E-state index contributed by atoms with van der Waals surface area (Å²) >= 11 is 0. The molecule has 0 radical (unpaired) electrons. The minimum absolute atomic E-state index is 0.0146. The summed E-state index contributed by atoms with van der Waals surface area (Å²) in [5.74, 6) is 2.64. The molecule has 3 aliphatic heterocycles. The fourth-order valence-electron chi connectivity index (χ4n) is 2.92. The van der Waals surface area contributed by atoms with Gasteiger partial charge in [-0.25, -0.2) is 0 Å².